The molecule has 0 fully saturated rings. The average molecular weight is 358 g/mol. The van der Waals surface area contributed by atoms with Crippen LogP contribution < -0.4 is 5.32 Å². The minimum absolute atomic E-state index is 0.177. The largest absolute Gasteiger partial charge is 0.322 e. The van der Waals surface area contributed by atoms with Crippen molar-refractivity contribution in [3.8, 4) is 0 Å². The van der Waals surface area contributed by atoms with Crippen molar-refractivity contribution >= 4 is 32.3 Å². The van der Waals surface area contributed by atoms with Crippen molar-refractivity contribution in [3.05, 3.63) is 65.6 Å². The predicted molar refractivity (Wildman–Crippen MR) is 93.9 cm³/mol. The third-order valence-electron chi connectivity index (χ3n) is 3.76. The molecule has 0 radical (unpaired) electrons. The van der Waals surface area contributed by atoms with Crippen LogP contribution in [0.5, 0.6) is 0 Å². The van der Waals surface area contributed by atoms with Gasteiger partial charge in [0.1, 0.15) is 5.82 Å². The number of anilines is 1. The Labute approximate surface area is 144 Å². The Hall–Kier alpha value is -2.80. The van der Waals surface area contributed by atoms with Crippen molar-refractivity contribution in [1.29, 1.82) is 0 Å². The lowest BCUT2D eigenvalue weighted by molar-refractivity contribution is 0.102. The summed E-state index contributed by atoms with van der Waals surface area (Å²) in [6, 6.07) is 11.7. The summed E-state index contributed by atoms with van der Waals surface area (Å²) >= 11 is 0. The van der Waals surface area contributed by atoms with E-state index >= 15 is 0 Å². The van der Waals surface area contributed by atoms with Crippen molar-refractivity contribution in [2.75, 3.05) is 11.6 Å². The van der Waals surface area contributed by atoms with Crippen LogP contribution in [0.1, 0.15) is 16.1 Å². The molecule has 0 spiro atoms. The van der Waals surface area contributed by atoms with E-state index in [1.54, 1.807) is 19.1 Å². The summed E-state index contributed by atoms with van der Waals surface area (Å²) in [5, 5.41) is 3.36. The zero-order valence-corrected chi connectivity index (χ0v) is 14.4. The van der Waals surface area contributed by atoms with E-state index in [0.717, 1.165) is 6.26 Å². The molecular weight excluding hydrogens is 343 g/mol. The van der Waals surface area contributed by atoms with Gasteiger partial charge < -0.3 is 5.32 Å². The first-order valence-corrected chi connectivity index (χ1v) is 9.31. The number of carbonyl (C=O) groups is 1. The number of benzene rings is 2. The molecule has 0 saturated carbocycles. The Bertz CT molecular complexity index is 1080. The van der Waals surface area contributed by atoms with E-state index < -0.39 is 9.84 Å². The third-order valence-corrected chi connectivity index (χ3v) is 4.88. The highest BCUT2D eigenvalue weighted by Crippen LogP contribution is 2.20. The number of fused-ring (bicyclic) bond motifs is 1. The summed E-state index contributed by atoms with van der Waals surface area (Å²) in [6.45, 7) is 1.67. The molecule has 1 amide bonds. The molecule has 0 atom stereocenters. The third kappa shape index (κ3) is 3.66. The zero-order chi connectivity index (χ0) is 18.2. The number of amides is 1. The number of rotatable bonds is 3. The molecule has 1 aromatic heterocycles. The monoisotopic (exact) mass is 358 g/mol. The normalized spacial score (nSPS) is 11.5. The average Bonchev–Trinajstić information content (AvgIpc) is 2.53. The van der Waals surface area contributed by atoms with Gasteiger partial charge in [0, 0.05) is 23.4 Å². The van der Waals surface area contributed by atoms with E-state index in [-0.39, 0.29) is 16.6 Å². The SMILES string of the molecule is Cc1nc2cc(F)ccc2cc1C(=O)Nc1ccc(S(C)(=O)=O)cc1. The molecule has 0 saturated heterocycles. The smallest absolute Gasteiger partial charge is 0.257 e. The molecule has 3 rings (SSSR count). The molecule has 0 aliphatic heterocycles. The second-order valence-corrected chi connectivity index (χ2v) is 7.72. The Morgan fingerprint density at radius 2 is 1.76 bits per heavy atom. The molecule has 0 unspecified atom stereocenters. The van der Waals surface area contributed by atoms with E-state index in [9.17, 15) is 17.6 Å². The van der Waals surface area contributed by atoms with Gasteiger partial charge in [-0.2, -0.15) is 0 Å². The van der Waals surface area contributed by atoms with Crippen LogP contribution in [0.3, 0.4) is 0 Å². The van der Waals surface area contributed by atoms with Crippen molar-refractivity contribution in [1.82, 2.24) is 4.98 Å². The topological polar surface area (TPSA) is 76.1 Å². The van der Waals surface area contributed by atoms with Gasteiger partial charge in [0.05, 0.1) is 21.7 Å². The van der Waals surface area contributed by atoms with Crippen LogP contribution in [0.25, 0.3) is 10.9 Å². The number of aryl methyl sites for hydroxylation is 1. The van der Waals surface area contributed by atoms with Gasteiger partial charge in [0.2, 0.25) is 0 Å². The van der Waals surface area contributed by atoms with Crippen LogP contribution >= 0.6 is 0 Å². The van der Waals surface area contributed by atoms with Crippen molar-refractivity contribution in [2.24, 2.45) is 0 Å². The molecule has 0 aliphatic carbocycles. The van der Waals surface area contributed by atoms with Gasteiger partial charge in [-0.25, -0.2) is 12.8 Å². The van der Waals surface area contributed by atoms with Gasteiger partial charge in [-0.1, -0.05) is 0 Å². The van der Waals surface area contributed by atoms with Gasteiger partial charge in [-0.05, 0) is 49.4 Å². The zero-order valence-electron chi connectivity index (χ0n) is 13.6. The number of halogens is 1. The predicted octanol–water partition coefficient (Wildman–Crippen LogP) is 3.34. The number of pyridine rings is 1. The standard InChI is InChI=1S/C18H15FN2O3S/c1-11-16(9-12-3-4-13(19)10-17(12)20-11)18(22)21-14-5-7-15(8-6-14)25(2,23)24/h3-10H,1-2H3,(H,21,22). The van der Waals surface area contributed by atoms with E-state index in [4.69, 9.17) is 0 Å². The Morgan fingerprint density at radius 3 is 2.40 bits per heavy atom. The number of hydrogen-bond donors (Lipinski definition) is 1. The van der Waals surface area contributed by atoms with E-state index in [1.165, 1.54) is 36.4 Å². The fraction of sp³-hybridized carbons (Fsp3) is 0.111. The number of aromatic nitrogens is 1. The molecule has 0 bridgehead atoms. The van der Waals surface area contributed by atoms with Gasteiger partial charge in [0.25, 0.3) is 5.91 Å². The van der Waals surface area contributed by atoms with Gasteiger partial charge >= 0.3 is 0 Å². The molecular formula is C18H15FN2O3S. The number of carbonyl (C=O) groups excluding carboxylic acids is 1. The first-order valence-electron chi connectivity index (χ1n) is 7.42. The number of nitrogens with zero attached hydrogens (tertiary/aromatic N) is 1. The summed E-state index contributed by atoms with van der Waals surface area (Å²) in [5.41, 5.74) is 1.79. The molecule has 25 heavy (non-hydrogen) atoms. The lowest BCUT2D eigenvalue weighted by Crippen LogP contribution is -2.14. The summed E-state index contributed by atoms with van der Waals surface area (Å²) in [6.07, 6.45) is 1.12. The van der Waals surface area contributed by atoms with Gasteiger partial charge in [-0.15, -0.1) is 0 Å². The number of nitrogens with one attached hydrogen (secondary N) is 1. The van der Waals surface area contributed by atoms with E-state index in [2.05, 4.69) is 10.3 Å². The molecule has 1 N–H and O–H groups in total. The van der Waals surface area contributed by atoms with E-state index in [0.29, 0.717) is 27.8 Å². The fourth-order valence-electron chi connectivity index (χ4n) is 2.45. The molecule has 3 aromatic rings. The van der Waals surface area contributed by atoms with E-state index in [1.807, 2.05) is 0 Å². The molecule has 1 heterocycles. The summed E-state index contributed by atoms with van der Waals surface area (Å²) in [4.78, 5) is 16.9. The van der Waals surface area contributed by atoms with Gasteiger partial charge in [-0.3, -0.25) is 9.78 Å². The number of sulfone groups is 1. The maximum atomic E-state index is 13.3. The van der Waals surface area contributed by atoms with Crippen LogP contribution in [0.2, 0.25) is 0 Å². The van der Waals surface area contributed by atoms with Crippen LogP contribution in [-0.2, 0) is 9.84 Å². The highest BCUT2D eigenvalue weighted by Gasteiger charge is 2.13. The molecule has 7 heteroatoms. The quantitative estimate of drug-likeness (QED) is 0.779. The van der Waals surface area contributed by atoms with Gasteiger partial charge in [0.15, 0.2) is 9.84 Å². The molecule has 0 aliphatic rings. The molecule has 2 aromatic carbocycles. The fourth-order valence-corrected chi connectivity index (χ4v) is 3.08. The highest BCUT2D eigenvalue weighted by atomic mass is 32.2. The summed E-state index contributed by atoms with van der Waals surface area (Å²) in [7, 11) is -3.29. The Morgan fingerprint density at radius 1 is 1.08 bits per heavy atom. The van der Waals surface area contributed by atoms with Crippen LogP contribution in [0.15, 0.2) is 53.4 Å². The molecule has 5 nitrogen and oxygen atoms in total. The van der Waals surface area contributed by atoms with Crippen molar-refractivity contribution < 1.29 is 17.6 Å². The lowest BCUT2D eigenvalue weighted by atomic mass is 10.1. The van der Waals surface area contributed by atoms with Crippen molar-refractivity contribution in [2.45, 2.75) is 11.8 Å². The summed E-state index contributed by atoms with van der Waals surface area (Å²) in [5.74, 6) is -0.758. The van der Waals surface area contributed by atoms with Crippen LogP contribution in [0.4, 0.5) is 10.1 Å². The minimum atomic E-state index is -3.29. The van der Waals surface area contributed by atoms with Crippen LogP contribution in [0, 0.1) is 12.7 Å². The second-order valence-electron chi connectivity index (χ2n) is 5.71. The maximum Gasteiger partial charge on any atom is 0.257 e. The first kappa shape index (κ1) is 17.0. The number of hydrogen-bond acceptors (Lipinski definition) is 4. The van der Waals surface area contributed by atoms with Crippen LogP contribution in [-0.4, -0.2) is 25.6 Å². The Balaban J connectivity index is 1.89. The van der Waals surface area contributed by atoms with Crippen molar-refractivity contribution in [3.63, 3.8) is 0 Å². The highest BCUT2D eigenvalue weighted by molar-refractivity contribution is 7.90. The Kier molecular flexibility index (Phi) is 4.26. The maximum absolute atomic E-state index is 13.3. The first-order chi connectivity index (χ1) is 11.7. The summed E-state index contributed by atoms with van der Waals surface area (Å²) < 4.78 is 36.2. The minimum Gasteiger partial charge on any atom is -0.322 e. The lowest BCUT2D eigenvalue weighted by Gasteiger charge is -2.09. The second kappa shape index (κ2) is 6.25. The molecule has 128 valence electrons.